The minimum Gasteiger partial charge on any atom is -0.487 e. The first-order valence-electron chi connectivity index (χ1n) is 7.48. The molecule has 3 aromatic rings. The molecule has 0 unspecified atom stereocenters. The van der Waals surface area contributed by atoms with Gasteiger partial charge in [-0.05, 0) is 35.0 Å². The van der Waals surface area contributed by atoms with E-state index in [2.05, 4.69) is 0 Å². The molecule has 0 fully saturated rings. The van der Waals surface area contributed by atoms with Crippen LogP contribution in [0.1, 0.15) is 5.56 Å². The SMILES string of the molecule is O=S(=O)(Oc1ccccc1)C1=Cc2c(ccc3ccccc23)OC1. The van der Waals surface area contributed by atoms with Crippen molar-refractivity contribution >= 4 is 27.0 Å². The maximum atomic E-state index is 12.5. The first-order valence-corrected chi connectivity index (χ1v) is 8.89. The summed E-state index contributed by atoms with van der Waals surface area (Å²) in [6.45, 7) is -0.0412. The van der Waals surface area contributed by atoms with Crippen LogP contribution in [0.2, 0.25) is 0 Å². The van der Waals surface area contributed by atoms with E-state index < -0.39 is 10.1 Å². The number of hydrogen-bond donors (Lipinski definition) is 0. The second-order valence-electron chi connectivity index (χ2n) is 5.45. The van der Waals surface area contributed by atoms with E-state index in [1.54, 1.807) is 36.4 Å². The summed E-state index contributed by atoms with van der Waals surface area (Å²) in [6, 6.07) is 20.0. The first kappa shape index (κ1) is 14.8. The summed E-state index contributed by atoms with van der Waals surface area (Å²) in [5, 5.41) is 1.97. The average molecular weight is 338 g/mol. The zero-order valence-corrected chi connectivity index (χ0v) is 13.5. The monoisotopic (exact) mass is 338 g/mol. The van der Waals surface area contributed by atoms with Crippen LogP contribution < -0.4 is 8.92 Å². The molecule has 24 heavy (non-hydrogen) atoms. The molecule has 0 aliphatic carbocycles. The Balaban J connectivity index is 1.78. The van der Waals surface area contributed by atoms with Crippen LogP contribution in [0.4, 0.5) is 0 Å². The molecule has 120 valence electrons. The van der Waals surface area contributed by atoms with E-state index in [4.69, 9.17) is 8.92 Å². The molecule has 4 rings (SSSR count). The second-order valence-corrected chi connectivity index (χ2v) is 7.05. The Hall–Kier alpha value is -2.79. The average Bonchev–Trinajstić information content (AvgIpc) is 2.61. The van der Waals surface area contributed by atoms with Crippen molar-refractivity contribution < 1.29 is 17.3 Å². The Labute approximate surface area is 140 Å². The normalized spacial score (nSPS) is 13.8. The third-order valence-corrected chi connectivity index (χ3v) is 5.17. The number of hydrogen-bond acceptors (Lipinski definition) is 4. The van der Waals surface area contributed by atoms with Crippen molar-refractivity contribution in [3.05, 3.63) is 77.2 Å². The molecule has 1 aliphatic rings. The summed E-state index contributed by atoms with van der Waals surface area (Å²) in [4.78, 5) is 0.107. The molecule has 1 aliphatic heterocycles. The molecule has 0 spiro atoms. The van der Waals surface area contributed by atoms with E-state index in [1.807, 2.05) is 36.4 Å². The number of ether oxygens (including phenoxy) is 1. The van der Waals surface area contributed by atoms with Gasteiger partial charge in [0.15, 0.2) is 0 Å². The van der Waals surface area contributed by atoms with Crippen LogP contribution in [0.15, 0.2) is 71.6 Å². The highest BCUT2D eigenvalue weighted by molar-refractivity contribution is 7.91. The third-order valence-electron chi connectivity index (χ3n) is 3.88. The van der Waals surface area contributed by atoms with Gasteiger partial charge in [0.25, 0.3) is 0 Å². The molecular formula is C19H14O4S. The summed E-state index contributed by atoms with van der Waals surface area (Å²) in [7, 11) is -3.91. The van der Waals surface area contributed by atoms with Gasteiger partial charge < -0.3 is 8.92 Å². The molecule has 0 saturated heterocycles. The lowest BCUT2D eigenvalue weighted by Gasteiger charge is -2.19. The Bertz CT molecular complexity index is 1040. The standard InChI is InChI=1S/C19H14O4S/c20-24(21,23-15-7-2-1-3-8-15)16-12-18-17-9-5-4-6-14(17)10-11-19(18)22-13-16/h1-12H,13H2. The first-order chi connectivity index (χ1) is 11.6. The van der Waals surface area contributed by atoms with Crippen molar-refractivity contribution in [3.8, 4) is 11.5 Å². The predicted molar refractivity (Wildman–Crippen MR) is 93.4 cm³/mol. The summed E-state index contributed by atoms with van der Waals surface area (Å²) in [5.41, 5.74) is 0.759. The van der Waals surface area contributed by atoms with E-state index in [0.717, 1.165) is 16.3 Å². The number of benzene rings is 3. The highest BCUT2D eigenvalue weighted by Crippen LogP contribution is 2.34. The van der Waals surface area contributed by atoms with Crippen molar-refractivity contribution in [2.24, 2.45) is 0 Å². The highest BCUT2D eigenvalue weighted by atomic mass is 32.2. The Morgan fingerprint density at radius 1 is 0.875 bits per heavy atom. The van der Waals surface area contributed by atoms with Gasteiger partial charge >= 0.3 is 10.1 Å². The molecule has 0 aromatic heterocycles. The lowest BCUT2D eigenvalue weighted by Crippen LogP contribution is -2.19. The number of rotatable bonds is 3. The Morgan fingerprint density at radius 3 is 2.46 bits per heavy atom. The van der Waals surface area contributed by atoms with E-state index in [-0.39, 0.29) is 17.3 Å². The summed E-state index contributed by atoms with van der Waals surface area (Å²) < 4.78 is 35.9. The van der Waals surface area contributed by atoms with Crippen LogP contribution in [0.3, 0.4) is 0 Å². The summed E-state index contributed by atoms with van der Waals surface area (Å²) in [5.74, 6) is 0.953. The fourth-order valence-electron chi connectivity index (χ4n) is 2.70. The topological polar surface area (TPSA) is 52.6 Å². The summed E-state index contributed by atoms with van der Waals surface area (Å²) >= 11 is 0. The molecule has 0 atom stereocenters. The maximum absolute atomic E-state index is 12.5. The van der Waals surface area contributed by atoms with E-state index in [0.29, 0.717) is 5.75 Å². The maximum Gasteiger partial charge on any atom is 0.338 e. The van der Waals surface area contributed by atoms with Crippen LogP contribution in [-0.4, -0.2) is 15.0 Å². The predicted octanol–water partition coefficient (Wildman–Crippen LogP) is 3.98. The van der Waals surface area contributed by atoms with E-state index in [9.17, 15) is 8.42 Å². The van der Waals surface area contributed by atoms with Crippen molar-refractivity contribution in [2.45, 2.75) is 0 Å². The lowest BCUT2D eigenvalue weighted by molar-refractivity contribution is 0.351. The molecule has 0 amide bonds. The van der Waals surface area contributed by atoms with Crippen molar-refractivity contribution in [2.75, 3.05) is 6.61 Å². The van der Waals surface area contributed by atoms with E-state index >= 15 is 0 Å². The summed E-state index contributed by atoms with van der Waals surface area (Å²) in [6.07, 6.45) is 1.64. The van der Waals surface area contributed by atoms with Gasteiger partial charge in [-0.25, -0.2) is 0 Å². The van der Waals surface area contributed by atoms with Gasteiger partial charge in [0.1, 0.15) is 23.0 Å². The molecule has 1 heterocycles. The molecule has 0 saturated carbocycles. The fourth-order valence-corrected chi connectivity index (χ4v) is 3.64. The molecule has 0 N–H and O–H groups in total. The minimum absolute atomic E-state index is 0.0412. The van der Waals surface area contributed by atoms with Gasteiger partial charge in [-0.3, -0.25) is 0 Å². The number of fused-ring (bicyclic) bond motifs is 3. The molecular weight excluding hydrogens is 324 g/mol. The van der Waals surface area contributed by atoms with Crippen molar-refractivity contribution in [1.29, 1.82) is 0 Å². The molecule has 0 radical (unpaired) electrons. The lowest BCUT2D eigenvalue weighted by atomic mass is 10.0. The Morgan fingerprint density at radius 2 is 1.62 bits per heavy atom. The molecule has 5 heteroatoms. The molecule has 0 bridgehead atoms. The third kappa shape index (κ3) is 2.63. The van der Waals surface area contributed by atoms with Crippen LogP contribution >= 0.6 is 0 Å². The van der Waals surface area contributed by atoms with Gasteiger partial charge in [0.2, 0.25) is 0 Å². The van der Waals surface area contributed by atoms with Crippen molar-refractivity contribution in [1.82, 2.24) is 0 Å². The zero-order valence-electron chi connectivity index (χ0n) is 12.7. The number of para-hydroxylation sites is 1. The largest absolute Gasteiger partial charge is 0.487 e. The van der Waals surface area contributed by atoms with Gasteiger partial charge in [0, 0.05) is 5.56 Å². The van der Waals surface area contributed by atoms with E-state index in [1.165, 1.54) is 0 Å². The highest BCUT2D eigenvalue weighted by Gasteiger charge is 2.25. The van der Waals surface area contributed by atoms with Crippen LogP contribution in [-0.2, 0) is 10.1 Å². The van der Waals surface area contributed by atoms with Crippen LogP contribution in [0, 0.1) is 0 Å². The van der Waals surface area contributed by atoms with Crippen LogP contribution in [0.25, 0.3) is 16.8 Å². The smallest absolute Gasteiger partial charge is 0.338 e. The quantitative estimate of drug-likeness (QED) is 0.678. The van der Waals surface area contributed by atoms with Gasteiger partial charge in [-0.2, -0.15) is 8.42 Å². The second kappa shape index (κ2) is 5.69. The molecule has 4 nitrogen and oxygen atoms in total. The fraction of sp³-hybridized carbons (Fsp3) is 0.0526. The van der Waals surface area contributed by atoms with Crippen LogP contribution in [0.5, 0.6) is 11.5 Å². The van der Waals surface area contributed by atoms with Gasteiger partial charge in [0.05, 0.1) is 0 Å². The van der Waals surface area contributed by atoms with Gasteiger partial charge in [-0.15, -0.1) is 0 Å². The molecule has 3 aromatic carbocycles. The van der Waals surface area contributed by atoms with Gasteiger partial charge in [-0.1, -0.05) is 48.5 Å². The Kier molecular flexibility index (Phi) is 3.50. The van der Waals surface area contributed by atoms with Crippen molar-refractivity contribution in [3.63, 3.8) is 0 Å². The zero-order chi connectivity index (χ0) is 16.6. The minimum atomic E-state index is -3.91.